The number of aromatic nitrogens is 3. The Kier molecular flexibility index (Phi) is 4.47. The second kappa shape index (κ2) is 6.98. The first kappa shape index (κ1) is 17.3. The smallest absolute Gasteiger partial charge is 0.216 e. The van der Waals surface area contributed by atoms with Crippen LogP contribution in [0.2, 0.25) is 0 Å². The molecule has 3 aliphatic rings. The van der Waals surface area contributed by atoms with Crippen LogP contribution in [0.15, 0.2) is 33.8 Å². The maximum absolute atomic E-state index is 5.51. The van der Waals surface area contributed by atoms with Crippen molar-refractivity contribution in [2.75, 3.05) is 19.2 Å². The number of fused-ring (bicyclic) bond motifs is 3. The van der Waals surface area contributed by atoms with Gasteiger partial charge in [-0.3, -0.25) is 5.01 Å². The van der Waals surface area contributed by atoms with Crippen LogP contribution in [-0.2, 0) is 0 Å². The molecule has 1 fully saturated rings. The Morgan fingerprint density at radius 3 is 2.63 bits per heavy atom. The van der Waals surface area contributed by atoms with Gasteiger partial charge in [0.1, 0.15) is 10.4 Å². The van der Waals surface area contributed by atoms with E-state index in [0.717, 1.165) is 22.5 Å². The number of ether oxygens (including phenoxy) is 2. The van der Waals surface area contributed by atoms with Crippen LogP contribution in [-0.4, -0.2) is 29.1 Å². The predicted molar refractivity (Wildman–Crippen MR) is 108 cm³/mol. The molecule has 1 unspecified atom stereocenters. The summed E-state index contributed by atoms with van der Waals surface area (Å²) in [6.45, 7) is 0. The van der Waals surface area contributed by atoms with Crippen LogP contribution in [0, 0.1) is 0 Å². The summed E-state index contributed by atoms with van der Waals surface area (Å²) in [6.07, 6.45) is 6.34. The quantitative estimate of drug-likeness (QED) is 0.739. The van der Waals surface area contributed by atoms with E-state index in [-0.39, 0.29) is 5.37 Å². The zero-order valence-electron chi connectivity index (χ0n) is 15.4. The summed E-state index contributed by atoms with van der Waals surface area (Å²) in [5.41, 5.74) is 1.18. The standard InChI is InChI=1S/C19H22N4O2S2/c1-24-14-9-8-13(10-15(14)25-2)18-22-16(11-26-18)27-19-21-20-17(23(19)22)12-6-4-3-5-7-12/h8-12,18H,3-7H2,1-2H3. The molecule has 2 aliphatic heterocycles. The molecule has 1 atom stereocenters. The third-order valence-corrected chi connectivity index (χ3v) is 7.65. The van der Waals surface area contributed by atoms with E-state index in [1.54, 1.807) is 26.0 Å². The Bertz CT molecular complexity index is 892. The van der Waals surface area contributed by atoms with Gasteiger partial charge < -0.3 is 9.47 Å². The second-order valence-electron chi connectivity index (χ2n) is 6.99. The highest BCUT2D eigenvalue weighted by Gasteiger charge is 2.41. The lowest BCUT2D eigenvalue weighted by molar-refractivity contribution is 0.354. The van der Waals surface area contributed by atoms with Crippen molar-refractivity contribution in [2.45, 2.75) is 48.6 Å². The molecule has 0 N–H and O–H groups in total. The van der Waals surface area contributed by atoms with Crippen LogP contribution in [0.5, 0.6) is 11.5 Å². The molecule has 0 bridgehead atoms. The molecule has 3 heterocycles. The summed E-state index contributed by atoms with van der Waals surface area (Å²) in [7, 11) is 3.34. The third kappa shape index (κ3) is 2.81. The van der Waals surface area contributed by atoms with E-state index in [2.05, 4.69) is 37.4 Å². The van der Waals surface area contributed by atoms with Crippen LogP contribution >= 0.6 is 23.5 Å². The number of benzene rings is 1. The van der Waals surface area contributed by atoms with Crippen molar-refractivity contribution in [3.63, 3.8) is 0 Å². The van der Waals surface area contributed by atoms with Gasteiger partial charge in [0.15, 0.2) is 17.3 Å². The van der Waals surface area contributed by atoms with Crippen molar-refractivity contribution >= 4 is 23.5 Å². The Morgan fingerprint density at radius 2 is 1.85 bits per heavy atom. The normalized spacial score (nSPS) is 21.8. The summed E-state index contributed by atoms with van der Waals surface area (Å²) >= 11 is 3.52. The molecule has 0 spiro atoms. The Morgan fingerprint density at radius 1 is 1.04 bits per heavy atom. The summed E-state index contributed by atoms with van der Waals surface area (Å²) in [4.78, 5) is 0. The van der Waals surface area contributed by atoms with Gasteiger partial charge in [-0.2, -0.15) is 0 Å². The number of nitrogens with zero attached hydrogens (tertiary/aromatic N) is 4. The minimum absolute atomic E-state index is 0.145. The molecule has 1 aromatic heterocycles. The molecule has 2 aromatic rings. The second-order valence-corrected chi connectivity index (χ2v) is 8.94. The first-order valence-electron chi connectivity index (χ1n) is 9.30. The van der Waals surface area contributed by atoms with E-state index in [1.165, 1.54) is 42.7 Å². The number of hydrogen-bond donors (Lipinski definition) is 0. The predicted octanol–water partition coefficient (Wildman–Crippen LogP) is 4.63. The van der Waals surface area contributed by atoms with E-state index in [4.69, 9.17) is 9.47 Å². The molecule has 0 saturated heterocycles. The number of hydrogen-bond acceptors (Lipinski definition) is 7. The zero-order valence-corrected chi connectivity index (χ0v) is 17.1. The Balaban J connectivity index is 1.51. The van der Waals surface area contributed by atoms with Crippen molar-refractivity contribution in [3.8, 4) is 11.5 Å². The highest BCUT2D eigenvalue weighted by Crippen LogP contribution is 2.52. The molecule has 142 valence electrons. The maximum Gasteiger partial charge on any atom is 0.216 e. The summed E-state index contributed by atoms with van der Waals surface area (Å²) in [6, 6.07) is 6.16. The average molecular weight is 403 g/mol. The number of methoxy groups -OCH3 is 2. The van der Waals surface area contributed by atoms with Gasteiger partial charge in [0.05, 0.1) is 14.2 Å². The van der Waals surface area contributed by atoms with Crippen molar-refractivity contribution in [1.29, 1.82) is 0 Å². The molecule has 27 heavy (non-hydrogen) atoms. The van der Waals surface area contributed by atoms with E-state index in [9.17, 15) is 0 Å². The Labute approximate surface area is 167 Å². The first-order chi connectivity index (χ1) is 13.3. The van der Waals surface area contributed by atoms with Crippen molar-refractivity contribution in [3.05, 3.63) is 40.0 Å². The van der Waals surface area contributed by atoms with Crippen LogP contribution < -0.4 is 14.5 Å². The van der Waals surface area contributed by atoms with Gasteiger partial charge in [-0.1, -0.05) is 37.1 Å². The fourth-order valence-electron chi connectivity index (χ4n) is 4.10. The van der Waals surface area contributed by atoms with Crippen molar-refractivity contribution in [1.82, 2.24) is 14.9 Å². The van der Waals surface area contributed by atoms with Gasteiger partial charge in [-0.25, -0.2) is 4.68 Å². The van der Waals surface area contributed by atoms with Crippen LogP contribution in [0.3, 0.4) is 0 Å². The van der Waals surface area contributed by atoms with Gasteiger partial charge in [-0.15, -0.1) is 10.2 Å². The molecule has 1 saturated carbocycles. The topological polar surface area (TPSA) is 52.4 Å². The van der Waals surface area contributed by atoms with Gasteiger partial charge >= 0.3 is 0 Å². The SMILES string of the molecule is COc1ccc(C2SC=C3Sc4nnc(C5CCCCC5)n4N32)cc1OC. The zero-order chi connectivity index (χ0) is 18.4. The molecule has 8 heteroatoms. The van der Waals surface area contributed by atoms with Crippen molar-refractivity contribution in [2.24, 2.45) is 0 Å². The molecule has 5 rings (SSSR count). The van der Waals surface area contributed by atoms with E-state index in [1.807, 2.05) is 17.8 Å². The molecule has 1 aromatic carbocycles. The number of rotatable bonds is 4. The molecule has 0 amide bonds. The summed E-state index contributed by atoms with van der Waals surface area (Å²) in [5, 5.41) is 16.0. The van der Waals surface area contributed by atoms with Crippen LogP contribution in [0.4, 0.5) is 0 Å². The molecular formula is C19H22N4O2S2. The highest BCUT2D eigenvalue weighted by molar-refractivity contribution is 8.07. The van der Waals surface area contributed by atoms with E-state index in [0.29, 0.717) is 5.92 Å². The number of thioether (sulfide) groups is 2. The fraction of sp³-hybridized carbons (Fsp3) is 0.474. The largest absolute Gasteiger partial charge is 0.493 e. The summed E-state index contributed by atoms with van der Waals surface area (Å²) in [5.74, 6) is 3.14. The molecule has 1 aliphatic carbocycles. The molecule has 0 radical (unpaired) electrons. The monoisotopic (exact) mass is 402 g/mol. The van der Waals surface area contributed by atoms with Gasteiger partial charge in [0, 0.05) is 11.3 Å². The Hall–Kier alpha value is -1.80. The minimum Gasteiger partial charge on any atom is -0.493 e. The van der Waals surface area contributed by atoms with Gasteiger partial charge in [-0.05, 0) is 42.3 Å². The van der Waals surface area contributed by atoms with E-state index >= 15 is 0 Å². The van der Waals surface area contributed by atoms with E-state index < -0.39 is 0 Å². The molecular weight excluding hydrogens is 380 g/mol. The summed E-state index contributed by atoms with van der Waals surface area (Å²) < 4.78 is 13.2. The lowest BCUT2D eigenvalue weighted by Crippen LogP contribution is -2.31. The molecule has 6 nitrogen and oxygen atoms in total. The third-order valence-electron chi connectivity index (χ3n) is 5.46. The van der Waals surface area contributed by atoms with Crippen LogP contribution in [0.1, 0.15) is 54.8 Å². The van der Waals surface area contributed by atoms with Gasteiger partial charge in [0.2, 0.25) is 5.16 Å². The first-order valence-corrected chi connectivity index (χ1v) is 11.1. The highest BCUT2D eigenvalue weighted by atomic mass is 32.2. The average Bonchev–Trinajstić information content (AvgIpc) is 3.39. The fourth-order valence-corrected chi connectivity index (χ4v) is 6.33. The van der Waals surface area contributed by atoms with Crippen molar-refractivity contribution < 1.29 is 9.47 Å². The minimum atomic E-state index is 0.145. The van der Waals surface area contributed by atoms with Crippen LogP contribution in [0.25, 0.3) is 0 Å². The lowest BCUT2D eigenvalue weighted by Gasteiger charge is -2.29. The van der Waals surface area contributed by atoms with Gasteiger partial charge in [0.25, 0.3) is 0 Å². The lowest BCUT2D eigenvalue weighted by atomic mass is 9.89. The maximum atomic E-state index is 5.51.